The second kappa shape index (κ2) is 3.85. The summed E-state index contributed by atoms with van der Waals surface area (Å²) in [7, 11) is 0. The summed E-state index contributed by atoms with van der Waals surface area (Å²) in [4.78, 5) is 13.8. The zero-order valence-corrected chi connectivity index (χ0v) is 10.3. The summed E-state index contributed by atoms with van der Waals surface area (Å²) in [5.41, 5.74) is 1.96. The highest BCUT2D eigenvalue weighted by Gasteiger charge is 2.29. The Kier molecular flexibility index (Phi) is 2.69. The molecule has 0 aliphatic carbocycles. The van der Waals surface area contributed by atoms with Crippen LogP contribution in [0, 0.1) is 0 Å². The number of nitrogens with one attached hydrogen (secondary N) is 1. The number of fused-ring (bicyclic) bond motifs is 1. The number of hydrogen-bond acceptors (Lipinski definition) is 2. The van der Waals surface area contributed by atoms with E-state index in [1.807, 2.05) is 25.1 Å². The van der Waals surface area contributed by atoms with E-state index in [9.17, 15) is 4.79 Å². The minimum absolute atomic E-state index is 0.0578. The van der Waals surface area contributed by atoms with Crippen LogP contribution in [0.15, 0.2) is 22.7 Å². The lowest BCUT2D eigenvalue weighted by atomic mass is 10.1. The van der Waals surface area contributed by atoms with E-state index in [1.165, 1.54) is 0 Å². The van der Waals surface area contributed by atoms with Gasteiger partial charge in [-0.15, -0.1) is 0 Å². The fraction of sp³-hybridized carbons (Fsp3) is 0.364. The van der Waals surface area contributed by atoms with Crippen molar-refractivity contribution >= 4 is 33.2 Å². The van der Waals surface area contributed by atoms with Crippen molar-refractivity contribution in [1.29, 1.82) is 0 Å². The molecule has 1 unspecified atom stereocenters. The molecule has 1 amide bonds. The Hall–Kier alpha value is -1.03. The Balaban J connectivity index is 2.56. The maximum atomic E-state index is 11.7. The number of likely N-dealkylation sites (N-methyl/N-ethyl adjacent to an activating group) is 1. The number of carbonyl (C=O) groups is 1. The molecule has 4 heteroatoms. The van der Waals surface area contributed by atoms with Gasteiger partial charge in [0.25, 0.3) is 0 Å². The first-order valence-corrected chi connectivity index (χ1v) is 5.80. The van der Waals surface area contributed by atoms with E-state index in [0.717, 1.165) is 22.4 Å². The highest BCUT2D eigenvalue weighted by molar-refractivity contribution is 9.10. The first-order chi connectivity index (χ1) is 7.15. The van der Waals surface area contributed by atoms with Gasteiger partial charge in [0.05, 0.1) is 11.4 Å². The number of amides is 1. The SMILES string of the molecule is CCN1c2c(Br)cccc2NC(=O)C1C. The lowest BCUT2D eigenvalue weighted by molar-refractivity contribution is -0.117. The smallest absolute Gasteiger partial charge is 0.246 e. The first kappa shape index (κ1) is 10.5. The molecule has 15 heavy (non-hydrogen) atoms. The molecule has 1 aliphatic rings. The number of nitrogens with zero attached hydrogens (tertiary/aromatic N) is 1. The van der Waals surface area contributed by atoms with Crippen molar-refractivity contribution in [3.05, 3.63) is 22.7 Å². The van der Waals surface area contributed by atoms with Crippen LogP contribution in [0.1, 0.15) is 13.8 Å². The Morgan fingerprint density at radius 2 is 2.27 bits per heavy atom. The largest absolute Gasteiger partial charge is 0.357 e. The molecule has 80 valence electrons. The Morgan fingerprint density at radius 1 is 1.53 bits per heavy atom. The van der Waals surface area contributed by atoms with Crippen LogP contribution in [-0.4, -0.2) is 18.5 Å². The molecule has 0 saturated carbocycles. The van der Waals surface area contributed by atoms with E-state index in [1.54, 1.807) is 0 Å². The van der Waals surface area contributed by atoms with Crippen LogP contribution >= 0.6 is 15.9 Å². The maximum Gasteiger partial charge on any atom is 0.246 e. The minimum Gasteiger partial charge on any atom is -0.357 e. The quantitative estimate of drug-likeness (QED) is 0.850. The predicted octanol–water partition coefficient (Wildman–Crippen LogP) is 2.62. The van der Waals surface area contributed by atoms with E-state index in [2.05, 4.69) is 33.1 Å². The van der Waals surface area contributed by atoms with E-state index in [0.29, 0.717) is 0 Å². The number of rotatable bonds is 1. The normalized spacial score (nSPS) is 19.8. The summed E-state index contributed by atoms with van der Waals surface area (Å²) in [6.45, 7) is 4.80. The average Bonchev–Trinajstić information content (AvgIpc) is 2.21. The van der Waals surface area contributed by atoms with Gasteiger partial charge in [-0.1, -0.05) is 6.07 Å². The molecular weight excluding hydrogens is 256 g/mol. The third kappa shape index (κ3) is 1.63. The van der Waals surface area contributed by atoms with Crippen LogP contribution in [0.4, 0.5) is 11.4 Å². The summed E-state index contributed by atoms with van der Waals surface area (Å²) in [5, 5.41) is 2.90. The van der Waals surface area contributed by atoms with E-state index < -0.39 is 0 Å². The highest BCUT2D eigenvalue weighted by atomic mass is 79.9. The molecule has 0 spiro atoms. The summed E-state index contributed by atoms with van der Waals surface area (Å²) in [5.74, 6) is 0.0578. The van der Waals surface area contributed by atoms with Crippen LogP contribution in [0.5, 0.6) is 0 Å². The topological polar surface area (TPSA) is 32.3 Å². The Bertz CT molecular complexity index is 406. The van der Waals surface area contributed by atoms with Crippen LogP contribution in [0.3, 0.4) is 0 Å². The van der Waals surface area contributed by atoms with Crippen molar-refractivity contribution in [1.82, 2.24) is 0 Å². The number of carbonyl (C=O) groups excluding carboxylic acids is 1. The minimum atomic E-state index is -0.110. The van der Waals surface area contributed by atoms with Crippen LogP contribution in [0.25, 0.3) is 0 Å². The van der Waals surface area contributed by atoms with Crippen molar-refractivity contribution < 1.29 is 4.79 Å². The number of halogens is 1. The van der Waals surface area contributed by atoms with Gasteiger partial charge in [0.15, 0.2) is 0 Å². The second-order valence-electron chi connectivity index (χ2n) is 3.59. The van der Waals surface area contributed by atoms with Crippen molar-refractivity contribution in [3.63, 3.8) is 0 Å². The molecule has 0 saturated heterocycles. The summed E-state index contributed by atoms with van der Waals surface area (Å²) >= 11 is 3.52. The molecule has 0 radical (unpaired) electrons. The number of anilines is 2. The van der Waals surface area contributed by atoms with Crippen molar-refractivity contribution in [3.8, 4) is 0 Å². The van der Waals surface area contributed by atoms with Gasteiger partial charge in [0.2, 0.25) is 5.91 Å². The molecule has 0 fully saturated rings. The number of para-hydroxylation sites is 1. The van der Waals surface area contributed by atoms with Crippen molar-refractivity contribution in [2.45, 2.75) is 19.9 Å². The molecule has 1 N–H and O–H groups in total. The zero-order valence-electron chi connectivity index (χ0n) is 8.75. The molecule has 2 rings (SSSR count). The average molecular weight is 269 g/mol. The van der Waals surface area contributed by atoms with Crippen molar-refractivity contribution in [2.24, 2.45) is 0 Å². The molecule has 0 aromatic heterocycles. The fourth-order valence-corrected chi connectivity index (χ4v) is 2.51. The summed E-state index contributed by atoms with van der Waals surface area (Å²) in [6.07, 6.45) is 0. The van der Waals surface area contributed by atoms with Gasteiger partial charge < -0.3 is 10.2 Å². The van der Waals surface area contributed by atoms with Gasteiger partial charge in [-0.05, 0) is 41.9 Å². The predicted molar refractivity (Wildman–Crippen MR) is 65.3 cm³/mol. The first-order valence-electron chi connectivity index (χ1n) is 5.01. The number of benzene rings is 1. The summed E-state index contributed by atoms with van der Waals surface area (Å²) in [6, 6.07) is 5.73. The van der Waals surface area contributed by atoms with E-state index >= 15 is 0 Å². The third-order valence-corrected chi connectivity index (χ3v) is 3.36. The van der Waals surface area contributed by atoms with Crippen LogP contribution < -0.4 is 10.2 Å². The molecular formula is C11H13BrN2O. The zero-order chi connectivity index (χ0) is 11.0. The van der Waals surface area contributed by atoms with Gasteiger partial charge >= 0.3 is 0 Å². The summed E-state index contributed by atoms with van der Waals surface area (Å²) < 4.78 is 1.02. The van der Waals surface area contributed by atoms with Gasteiger partial charge in [-0.25, -0.2) is 0 Å². The highest BCUT2D eigenvalue weighted by Crippen LogP contribution is 2.37. The monoisotopic (exact) mass is 268 g/mol. The van der Waals surface area contributed by atoms with Crippen LogP contribution in [-0.2, 0) is 4.79 Å². The maximum absolute atomic E-state index is 11.7. The fourth-order valence-electron chi connectivity index (χ4n) is 1.91. The Morgan fingerprint density at radius 3 is 2.93 bits per heavy atom. The standard InChI is InChI=1S/C11H13BrN2O/c1-3-14-7(2)11(15)13-9-6-4-5-8(12)10(9)14/h4-7H,3H2,1-2H3,(H,13,15). The van der Waals surface area contributed by atoms with Crippen molar-refractivity contribution in [2.75, 3.05) is 16.8 Å². The molecule has 0 bridgehead atoms. The van der Waals surface area contributed by atoms with E-state index in [4.69, 9.17) is 0 Å². The van der Waals surface area contributed by atoms with Gasteiger partial charge in [0, 0.05) is 11.0 Å². The van der Waals surface area contributed by atoms with Gasteiger partial charge in [-0.3, -0.25) is 4.79 Å². The molecule has 1 atom stereocenters. The van der Waals surface area contributed by atoms with Crippen LogP contribution in [0.2, 0.25) is 0 Å². The van der Waals surface area contributed by atoms with Gasteiger partial charge in [0.1, 0.15) is 6.04 Å². The molecule has 3 nitrogen and oxygen atoms in total. The van der Waals surface area contributed by atoms with Gasteiger partial charge in [-0.2, -0.15) is 0 Å². The lowest BCUT2D eigenvalue weighted by Crippen LogP contribution is -2.46. The molecule has 1 aliphatic heterocycles. The van der Waals surface area contributed by atoms with E-state index in [-0.39, 0.29) is 11.9 Å². The molecule has 1 heterocycles. The number of hydrogen-bond donors (Lipinski definition) is 1. The second-order valence-corrected chi connectivity index (χ2v) is 4.44. The lowest BCUT2D eigenvalue weighted by Gasteiger charge is -2.36. The molecule has 1 aromatic rings. The molecule has 1 aromatic carbocycles. The third-order valence-electron chi connectivity index (χ3n) is 2.72. The Labute approximate surface area is 97.6 Å².